The van der Waals surface area contributed by atoms with E-state index in [9.17, 15) is 9.59 Å². The lowest BCUT2D eigenvalue weighted by molar-refractivity contribution is 0.198. The van der Waals surface area contributed by atoms with Crippen LogP contribution < -0.4 is 10.9 Å². The van der Waals surface area contributed by atoms with Crippen molar-refractivity contribution in [3.63, 3.8) is 0 Å². The molecule has 0 atom stereocenters. The largest absolute Gasteiger partial charge is 0.334 e. The number of aromatic nitrogens is 1. The highest BCUT2D eigenvalue weighted by atomic mass is 32.1. The van der Waals surface area contributed by atoms with Gasteiger partial charge in [0.25, 0.3) is 5.56 Å². The molecule has 0 bridgehead atoms. The summed E-state index contributed by atoms with van der Waals surface area (Å²) in [5.74, 6) is 0. The summed E-state index contributed by atoms with van der Waals surface area (Å²) in [7, 11) is 0. The zero-order chi connectivity index (χ0) is 16.1. The number of H-pyrrole nitrogens is 1. The van der Waals surface area contributed by atoms with Crippen molar-refractivity contribution < 1.29 is 4.79 Å². The highest BCUT2D eigenvalue weighted by Crippen LogP contribution is 2.12. The predicted octanol–water partition coefficient (Wildman–Crippen LogP) is 2.78. The normalized spacial score (nSPS) is 10.5. The van der Waals surface area contributed by atoms with Gasteiger partial charge in [-0.1, -0.05) is 6.07 Å². The fourth-order valence-electron chi connectivity index (χ4n) is 2.29. The molecule has 22 heavy (non-hydrogen) atoms. The van der Waals surface area contributed by atoms with Crippen molar-refractivity contribution in [2.24, 2.45) is 0 Å². The lowest BCUT2D eigenvalue weighted by Gasteiger charge is -2.21. The number of nitrogens with zero attached hydrogens (tertiary/aromatic N) is 1. The minimum Gasteiger partial charge on any atom is -0.334 e. The van der Waals surface area contributed by atoms with Crippen molar-refractivity contribution in [3.05, 3.63) is 55.6 Å². The van der Waals surface area contributed by atoms with E-state index in [0.29, 0.717) is 18.7 Å². The zero-order valence-corrected chi connectivity index (χ0v) is 13.9. The first kappa shape index (κ1) is 16.3. The molecule has 118 valence electrons. The van der Waals surface area contributed by atoms with Crippen LogP contribution in [0.5, 0.6) is 0 Å². The molecule has 2 rings (SSSR count). The van der Waals surface area contributed by atoms with Crippen LogP contribution in [0.25, 0.3) is 0 Å². The molecular weight excluding hydrogens is 298 g/mol. The Labute approximate surface area is 134 Å². The molecule has 5 nitrogen and oxygen atoms in total. The van der Waals surface area contributed by atoms with Crippen LogP contribution in [0.4, 0.5) is 4.79 Å². The predicted molar refractivity (Wildman–Crippen MR) is 89.2 cm³/mol. The summed E-state index contributed by atoms with van der Waals surface area (Å²) in [6.07, 6.45) is 0. The fraction of sp³-hybridized carbons (Fsp3) is 0.375. The highest BCUT2D eigenvalue weighted by Gasteiger charge is 2.13. The van der Waals surface area contributed by atoms with E-state index >= 15 is 0 Å². The fourth-order valence-corrected chi connectivity index (χ4v) is 3.01. The van der Waals surface area contributed by atoms with Crippen LogP contribution >= 0.6 is 11.3 Å². The molecule has 0 fully saturated rings. The third kappa shape index (κ3) is 3.98. The van der Waals surface area contributed by atoms with E-state index in [1.807, 2.05) is 44.4 Å². The Hall–Kier alpha value is -2.08. The molecule has 2 N–H and O–H groups in total. The van der Waals surface area contributed by atoms with Crippen LogP contribution in [-0.2, 0) is 13.1 Å². The average Bonchev–Trinajstić information content (AvgIpc) is 2.96. The van der Waals surface area contributed by atoms with Gasteiger partial charge in [0.2, 0.25) is 0 Å². The number of carbonyl (C=O) groups excluding carboxylic acids is 1. The van der Waals surface area contributed by atoms with E-state index in [0.717, 1.165) is 16.1 Å². The van der Waals surface area contributed by atoms with Gasteiger partial charge in [0.1, 0.15) is 0 Å². The Morgan fingerprint density at radius 2 is 2.18 bits per heavy atom. The molecule has 0 aliphatic heterocycles. The number of rotatable bonds is 5. The van der Waals surface area contributed by atoms with E-state index in [1.165, 1.54) is 0 Å². The molecule has 0 aliphatic carbocycles. The highest BCUT2D eigenvalue weighted by molar-refractivity contribution is 7.09. The average molecular weight is 319 g/mol. The SMILES string of the molecule is CCN(Cc1cccs1)C(=O)NCc1c(C)cc(C)[nH]c1=O. The van der Waals surface area contributed by atoms with E-state index in [1.54, 1.807) is 16.2 Å². The van der Waals surface area contributed by atoms with Crippen LogP contribution in [0, 0.1) is 13.8 Å². The molecule has 2 heterocycles. The topological polar surface area (TPSA) is 65.2 Å². The standard InChI is InChI=1S/C16H21N3O2S/c1-4-19(10-13-6-5-7-22-13)16(21)17-9-14-11(2)8-12(3)18-15(14)20/h5-8H,4,9-10H2,1-3H3,(H,17,21)(H,18,20). The summed E-state index contributed by atoms with van der Waals surface area (Å²) >= 11 is 1.63. The number of urea groups is 1. The first-order valence-electron chi connectivity index (χ1n) is 7.25. The van der Waals surface area contributed by atoms with Crippen LogP contribution in [-0.4, -0.2) is 22.5 Å². The first-order valence-corrected chi connectivity index (χ1v) is 8.13. The van der Waals surface area contributed by atoms with Crippen molar-refractivity contribution >= 4 is 17.4 Å². The Bertz CT molecular complexity index is 692. The van der Waals surface area contributed by atoms with Gasteiger partial charge in [-0.15, -0.1) is 11.3 Å². The lowest BCUT2D eigenvalue weighted by atomic mass is 10.1. The van der Waals surface area contributed by atoms with Gasteiger partial charge in [0.05, 0.1) is 13.1 Å². The summed E-state index contributed by atoms with van der Waals surface area (Å²) < 4.78 is 0. The minimum absolute atomic E-state index is 0.140. The van der Waals surface area contributed by atoms with Crippen molar-refractivity contribution in [3.8, 4) is 0 Å². The van der Waals surface area contributed by atoms with E-state index in [4.69, 9.17) is 0 Å². The molecule has 2 aromatic rings. The lowest BCUT2D eigenvalue weighted by Crippen LogP contribution is -2.39. The number of hydrogen-bond acceptors (Lipinski definition) is 3. The maximum atomic E-state index is 12.3. The van der Waals surface area contributed by atoms with Crippen molar-refractivity contribution in [2.45, 2.75) is 33.9 Å². The second-order valence-corrected chi connectivity index (χ2v) is 6.23. The van der Waals surface area contributed by atoms with Gasteiger partial charge in [-0.2, -0.15) is 0 Å². The molecule has 0 unspecified atom stereocenters. The molecule has 0 aromatic carbocycles. The third-order valence-corrected chi connectivity index (χ3v) is 4.37. The Morgan fingerprint density at radius 3 is 2.77 bits per heavy atom. The summed E-state index contributed by atoms with van der Waals surface area (Å²) in [5, 5.41) is 4.83. The summed E-state index contributed by atoms with van der Waals surface area (Å²) in [6, 6.07) is 5.73. The van der Waals surface area contributed by atoms with Gasteiger partial charge in [-0.25, -0.2) is 4.79 Å². The number of hydrogen-bond donors (Lipinski definition) is 2. The number of carbonyl (C=O) groups is 1. The molecule has 0 radical (unpaired) electrons. The summed E-state index contributed by atoms with van der Waals surface area (Å²) in [6.45, 7) is 7.11. The van der Waals surface area contributed by atoms with Crippen molar-refractivity contribution in [2.75, 3.05) is 6.54 Å². The smallest absolute Gasteiger partial charge is 0.317 e. The third-order valence-electron chi connectivity index (χ3n) is 3.51. The van der Waals surface area contributed by atoms with Gasteiger partial charge >= 0.3 is 6.03 Å². The van der Waals surface area contributed by atoms with Crippen molar-refractivity contribution in [1.29, 1.82) is 0 Å². The molecule has 2 amide bonds. The maximum Gasteiger partial charge on any atom is 0.317 e. The van der Waals surface area contributed by atoms with Gasteiger partial charge in [-0.05, 0) is 43.8 Å². The monoisotopic (exact) mass is 319 g/mol. The van der Waals surface area contributed by atoms with E-state index in [2.05, 4.69) is 10.3 Å². The molecule has 0 saturated heterocycles. The van der Waals surface area contributed by atoms with Gasteiger partial charge in [0, 0.05) is 22.7 Å². The summed E-state index contributed by atoms with van der Waals surface area (Å²) in [4.78, 5) is 29.9. The van der Waals surface area contributed by atoms with Crippen molar-refractivity contribution in [1.82, 2.24) is 15.2 Å². The molecule has 2 aromatic heterocycles. The second-order valence-electron chi connectivity index (χ2n) is 5.20. The number of amides is 2. The number of pyridine rings is 1. The first-order chi connectivity index (χ1) is 10.5. The molecule has 0 spiro atoms. The van der Waals surface area contributed by atoms with E-state index < -0.39 is 0 Å². The Morgan fingerprint density at radius 1 is 1.41 bits per heavy atom. The quantitative estimate of drug-likeness (QED) is 0.890. The molecule has 0 saturated carbocycles. The van der Waals surface area contributed by atoms with Crippen LogP contribution in [0.15, 0.2) is 28.4 Å². The number of aromatic amines is 1. The molecule has 6 heteroatoms. The minimum atomic E-state index is -0.157. The van der Waals surface area contributed by atoms with Gasteiger partial charge in [-0.3, -0.25) is 4.79 Å². The van der Waals surface area contributed by atoms with E-state index in [-0.39, 0.29) is 18.1 Å². The molecule has 0 aliphatic rings. The zero-order valence-electron chi connectivity index (χ0n) is 13.1. The van der Waals surface area contributed by atoms with Gasteiger partial charge in [0.15, 0.2) is 0 Å². The Balaban J connectivity index is 2.01. The summed E-state index contributed by atoms with van der Waals surface area (Å²) in [5.41, 5.74) is 2.18. The maximum absolute atomic E-state index is 12.3. The van der Waals surface area contributed by atoms with Crippen LogP contribution in [0.1, 0.15) is 28.6 Å². The second kappa shape index (κ2) is 7.26. The molecular formula is C16H21N3O2S. The Kier molecular flexibility index (Phi) is 5.38. The number of nitrogens with one attached hydrogen (secondary N) is 2. The van der Waals surface area contributed by atoms with Crippen LogP contribution in [0.2, 0.25) is 0 Å². The number of aryl methyl sites for hydroxylation is 2. The number of thiophene rings is 1. The van der Waals surface area contributed by atoms with Gasteiger partial charge < -0.3 is 15.2 Å². The van der Waals surface area contributed by atoms with Crippen LogP contribution in [0.3, 0.4) is 0 Å².